The molecule has 35 heavy (non-hydrogen) atoms. The Bertz CT molecular complexity index is 1330. The number of benzene rings is 2. The fraction of sp³-hybridized carbons (Fsp3) is 0.269. The Morgan fingerprint density at radius 2 is 1.97 bits per heavy atom. The largest absolute Gasteiger partial charge is 0.507 e. The first-order valence-electron chi connectivity index (χ1n) is 11.6. The van der Waals surface area contributed by atoms with Crippen molar-refractivity contribution in [3.8, 4) is 22.8 Å². The molecule has 1 unspecified atom stereocenters. The molecule has 0 aliphatic carbocycles. The number of carbonyl (C=O) groups is 1. The van der Waals surface area contributed by atoms with Gasteiger partial charge in [0.05, 0.1) is 16.4 Å². The zero-order chi connectivity index (χ0) is 24.2. The van der Waals surface area contributed by atoms with Crippen LogP contribution in [0, 0.1) is 5.92 Å². The molecule has 2 aromatic heterocycles. The van der Waals surface area contributed by atoms with Crippen LogP contribution in [0.5, 0.6) is 11.5 Å². The first-order valence-corrected chi connectivity index (χ1v) is 12.4. The summed E-state index contributed by atoms with van der Waals surface area (Å²) in [6, 6.07) is 18.4. The number of nitrogens with one attached hydrogen (secondary N) is 1. The van der Waals surface area contributed by atoms with Crippen LogP contribution in [0.2, 0.25) is 0 Å². The van der Waals surface area contributed by atoms with E-state index in [-0.39, 0.29) is 18.3 Å². The van der Waals surface area contributed by atoms with Crippen LogP contribution in [0.1, 0.15) is 12.8 Å². The molecule has 1 aliphatic rings. The minimum Gasteiger partial charge on any atom is -0.507 e. The summed E-state index contributed by atoms with van der Waals surface area (Å²) in [6.07, 6.45) is 3.68. The number of hydrogen-bond donors (Lipinski definition) is 2. The molecular weight excluding hydrogens is 510 g/mol. The van der Waals surface area contributed by atoms with Gasteiger partial charge in [0, 0.05) is 31.3 Å². The maximum Gasteiger partial charge on any atom is 0.260 e. The molecule has 1 saturated heterocycles. The van der Waals surface area contributed by atoms with Crippen molar-refractivity contribution in [3.05, 3.63) is 71.3 Å². The van der Waals surface area contributed by atoms with Gasteiger partial charge in [0.25, 0.3) is 5.91 Å². The number of anilines is 1. The summed E-state index contributed by atoms with van der Waals surface area (Å²) in [6.45, 7) is 2.14. The highest BCUT2D eigenvalue weighted by molar-refractivity contribution is 9.10. The number of phenolic OH excluding ortho intramolecular Hbond substituents is 1. The van der Waals surface area contributed by atoms with E-state index in [0.29, 0.717) is 41.7 Å². The van der Waals surface area contributed by atoms with E-state index in [1.165, 1.54) is 0 Å². The molecule has 1 amide bonds. The monoisotopic (exact) mass is 535 g/mol. The summed E-state index contributed by atoms with van der Waals surface area (Å²) in [5, 5.41) is 18.3. The van der Waals surface area contributed by atoms with Crippen molar-refractivity contribution >= 4 is 33.3 Å². The molecule has 9 heteroatoms. The van der Waals surface area contributed by atoms with Crippen LogP contribution in [-0.2, 0) is 4.79 Å². The average Bonchev–Trinajstić information content (AvgIpc) is 3.27. The highest BCUT2D eigenvalue weighted by Gasteiger charge is 2.24. The number of likely N-dealkylation sites (tertiary alicyclic amines) is 1. The van der Waals surface area contributed by atoms with Gasteiger partial charge in [-0.2, -0.15) is 9.61 Å². The molecule has 180 valence electrons. The number of aromatic hydroxyl groups is 1. The summed E-state index contributed by atoms with van der Waals surface area (Å²) in [4.78, 5) is 19.3. The molecule has 0 bridgehead atoms. The van der Waals surface area contributed by atoms with Crippen molar-refractivity contribution in [1.29, 1.82) is 0 Å². The minimum atomic E-state index is 0.00250. The van der Waals surface area contributed by atoms with E-state index in [4.69, 9.17) is 4.74 Å². The van der Waals surface area contributed by atoms with Gasteiger partial charge in [-0.05, 0) is 59.0 Å². The molecule has 5 rings (SSSR count). The van der Waals surface area contributed by atoms with Gasteiger partial charge in [0.2, 0.25) is 0 Å². The lowest BCUT2D eigenvalue weighted by atomic mass is 9.98. The quantitative estimate of drug-likeness (QED) is 0.359. The van der Waals surface area contributed by atoms with Crippen LogP contribution in [0.3, 0.4) is 0 Å². The summed E-state index contributed by atoms with van der Waals surface area (Å²) < 4.78 is 8.16. The number of rotatable bonds is 7. The Kier molecular flexibility index (Phi) is 6.85. The molecule has 1 aliphatic heterocycles. The van der Waals surface area contributed by atoms with E-state index in [0.717, 1.165) is 29.7 Å². The molecule has 2 N–H and O–H groups in total. The summed E-state index contributed by atoms with van der Waals surface area (Å²) in [5.74, 6) is 1.94. The molecule has 1 atom stereocenters. The van der Waals surface area contributed by atoms with Gasteiger partial charge in [0.15, 0.2) is 12.3 Å². The molecule has 4 aromatic rings. The van der Waals surface area contributed by atoms with Crippen molar-refractivity contribution in [2.75, 3.05) is 31.6 Å². The molecule has 0 saturated carbocycles. The Hall–Kier alpha value is -3.59. The smallest absolute Gasteiger partial charge is 0.260 e. The van der Waals surface area contributed by atoms with Crippen LogP contribution in [0.15, 0.2) is 71.3 Å². The number of phenols is 1. The highest BCUT2D eigenvalue weighted by Crippen LogP contribution is 2.31. The van der Waals surface area contributed by atoms with E-state index in [9.17, 15) is 9.90 Å². The Morgan fingerprint density at radius 1 is 1.17 bits per heavy atom. The van der Waals surface area contributed by atoms with Gasteiger partial charge in [-0.25, -0.2) is 4.98 Å². The number of carbonyl (C=O) groups excluding carboxylic acids is 1. The summed E-state index contributed by atoms with van der Waals surface area (Å²) in [7, 11) is 0. The molecule has 3 heterocycles. The lowest BCUT2D eigenvalue weighted by molar-refractivity contribution is -0.135. The first-order chi connectivity index (χ1) is 17.1. The normalized spacial score (nSPS) is 15.8. The Balaban J connectivity index is 1.27. The number of amides is 1. The van der Waals surface area contributed by atoms with E-state index in [1.54, 1.807) is 22.8 Å². The van der Waals surface area contributed by atoms with Gasteiger partial charge in [-0.1, -0.05) is 30.3 Å². The van der Waals surface area contributed by atoms with Gasteiger partial charge >= 0.3 is 0 Å². The van der Waals surface area contributed by atoms with Crippen molar-refractivity contribution in [1.82, 2.24) is 19.5 Å². The summed E-state index contributed by atoms with van der Waals surface area (Å²) >= 11 is 3.52. The van der Waals surface area contributed by atoms with Crippen LogP contribution in [0.4, 0.5) is 5.82 Å². The minimum absolute atomic E-state index is 0.00250. The van der Waals surface area contributed by atoms with Gasteiger partial charge in [0.1, 0.15) is 17.3 Å². The number of aromatic nitrogens is 3. The molecule has 2 aromatic carbocycles. The number of hydrogen-bond acceptors (Lipinski definition) is 6. The van der Waals surface area contributed by atoms with Crippen molar-refractivity contribution in [2.45, 2.75) is 12.8 Å². The third kappa shape index (κ3) is 5.24. The number of halogens is 1. The lowest BCUT2D eigenvalue weighted by Crippen LogP contribution is -2.43. The highest BCUT2D eigenvalue weighted by atomic mass is 79.9. The van der Waals surface area contributed by atoms with Crippen LogP contribution >= 0.6 is 15.9 Å². The molecule has 0 radical (unpaired) electrons. The predicted octanol–water partition coefficient (Wildman–Crippen LogP) is 4.59. The van der Waals surface area contributed by atoms with Crippen molar-refractivity contribution < 1.29 is 14.6 Å². The van der Waals surface area contributed by atoms with E-state index in [1.807, 2.05) is 53.4 Å². The first kappa shape index (κ1) is 23.2. The van der Waals surface area contributed by atoms with E-state index >= 15 is 0 Å². The second kappa shape index (κ2) is 10.4. The van der Waals surface area contributed by atoms with Crippen molar-refractivity contribution in [3.63, 3.8) is 0 Å². The predicted molar refractivity (Wildman–Crippen MR) is 138 cm³/mol. The number of nitrogens with zero attached hydrogens (tertiary/aromatic N) is 4. The average molecular weight is 536 g/mol. The second-order valence-corrected chi connectivity index (χ2v) is 9.46. The number of para-hydroxylation sites is 2. The van der Waals surface area contributed by atoms with E-state index < -0.39 is 0 Å². The Morgan fingerprint density at radius 3 is 2.80 bits per heavy atom. The summed E-state index contributed by atoms with van der Waals surface area (Å²) in [5.41, 5.74) is 1.96. The third-order valence-electron chi connectivity index (χ3n) is 6.16. The SMILES string of the molecule is O=C(COc1ccccc1)N1CCCC(CNc2cc(-c3ccccc3O)nc3c(Br)cnn23)C1. The Labute approximate surface area is 211 Å². The van der Waals surface area contributed by atoms with Crippen molar-refractivity contribution in [2.24, 2.45) is 5.92 Å². The molecule has 0 spiro atoms. The zero-order valence-corrected chi connectivity index (χ0v) is 20.7. The molecule has 8 nitrogen and oxygen atoms in total. The van der Waals surface area contributed by atoms with Gasteiger partial charge < -0.3 is 20.1 Å². The number of fused-ring (bicyclic) bond motifs is 1. The van der Waals surface area contributed by atoms with Gasteiger partial charge in [-0.3, -0.25) is 4.79 Å². The molecular formula is C26H26BrN5O3. The maximum atomic E-state index is 12.7. The fourth-order valence-corrected chi connectivity index (χ4v) is 4.70. The molecule has 1 fully saturated rings. The standard InChI is InChI=1S/C26H26BrN5O3/c27-21-15-29-32-24(13-22(30-26(21)32)20-10-4-5-11-23(20)33)28-14-18-7-6-12-31(16-18)25(34)17-35-19-8-2-1-3-9-19/h1-5,8-11,13,15,18,28,33H,6-7,12,14,16-17H2. The fourth-order valence-electron chi connectivity index (χ4n) is 4.35. The zero-order valence-electron chi connectivity index (χ0n) is 19.1. The van der Waals surface area contributed by atoms with Crippen LogP contribution < -0.4 is 10.1 Å². The number of piperidine rings is 1. The topological polar surface area (TPSA) is 92.0 Å². The van der Waals surface area contributed by atoms with Crippen LogP contribution in [0.25, 0.3) is 16.9 Å². The maximum absolute atomic E-state index is 12.7. The third-order valence-corrected chi connectivity index (χ3v) is 6.72. The number of ether oxygens (including phenoxy) is 1. The second-order valence-electron chi connectivity index (χ2n) is 8.60. The van der Waals surface area contributed by atoms with Crippen LogP contribution in [-0.4, -0.2) is 56.8 Å². The van der Waals surface area contributed by atoms with E-state index in [2.05, 4.69) is 31.3 Å². The van der Waals surface area contributed by atoms with Gasteiger partial charge in [-0.15, -0.1) is 0 Å². The lowest BCUT2D eigenvalue weighted by Gasteiger charge is -2.33.